The van der Waals surface area contributed by atoms with Crippen LogP contribution in [-0.2, 0) is 0 Å². The van der Waals surface area contributed by atoms with Gasteiger partial charge in [-0.3, -0.25) is 0 Å². The van der Waals surface area contributed by atoms with Crippen molar-refractivity contribution in [2.24, 2.45) is 0 Å². The molecule has 0 radical (unpaired) electrons. The number of rotatable bonds is 3. The molecule has 1 unspecified atom stereocenters. The first-order valence-electron chi connectivity index (χ1n) is 5.78. The Morgan fingerprint density at radius 2 is 2.16 bits per heavy atom. The lowest BCUT2D eigenvalue weighted by Gasteiger charge is -2.11. The molecule has 2 aromatic heterocycles. The summed E-state index contributed by atoms with van der Waals surface area (Å²) in [6, 6.07) is 8.07. The average molecular weight is 296 g/mol. The molecule has 0 aliphatic carbocycles. The van der Waals surface area contributed by atoms with Gasteiger partial charge in [-0.15, -0.1) is 11.3 Å². The van der Waals surface area contributed by atoms with E-state index in [0.29, 0.717) is 10.6 Å². The molecule has 0 saturated carbocycles. The van der Waals surface area contributed by atoms with Crippen molar-refractivity contribution in [3.8, 4) is 0 Å². The monoisotopic (exact) mass is 295 g/mol. The first-order valence-corrected chi connectivity index (χ1v) is 7.04. The third kappa shape index (κ3) is 2.27. The molecule has 1 aromatic carbocycles. The van der Waals surface area contributed by atoms with Crippen LogP contribution in [0, 0.1) is 5.82 Å². The quantitative estimate of drug-likeness (QED) is 0.764. The van der Waals surface area contributed by atoms with E-state index in [1.165, 1.54) is 12.1 Å². The van der Waals surface area contributed by atoms with Gasteiger partial charge in [-0.2, -0.15) is 0 Å². The Balaban J connectivity index is 2.09. The van der Waals surface area contributed by atoms with Crippen LogP contribution in [0.2, 0.25) is 5.02 Å². The van der Waals surface area contributed by atoms with Crippen molar-refractivity contribution in [1.29, 1.82) is 0 Å². The van der Waals surface area contributed by atoms with Crippen molar-refractivity contribution >= 4 is 33.9 Å². The maximum Gasteiger partial charge on any atom is 0.134 e. The maximum absolute atomic E-state index is 13.2. The van der Waals surface area contributed by atoms with Crippen molar-refractivity contribution in [1.82, 2.24) is 5.32 Å². The molecule has 19 heavy (non-hydrogen) atoms. The largest absolute Gasteiger partial charge is 0.459 e. The van der Waals surface area contributed by atoms with E-state index >= 15 is 0 Å². The Labute approximate surface area is 118 Å². The number of hydrogen-bond acceptors (Lipinski definition) is 3. The molecule has 98 valence electrons. The highest BCUT2D eigenvalue weighted by Crippen LogP contribution is 2.35. The van der Waals surface area contributed by atoms with Crippen molar-refractivity contribution in [2.45, 2.75) is 6.04 Å². The molecular weight excluding hydrogens is 285 g/mol. The standard InChI is InChI=1S/C14H11ClFNOS/c1-17-13(14-10(15)4-5-19-14)12-7-8-6-9(16)2-3-11(8)18-12/h2-7,13,17H,1H3. The van der Waals surface area contributed by atoms with Crippen LogP contribution in [-0.4, -0.2) is 7.05 Å². The van der Waals surface area contributed by atoms with Crippen molar-refractivity contribution in [3.05, 3.63) is 57.2 Å². The fourth-order valence-corrected chi connectivity index (χ4v) is 3.37. The molecule has 0 saturated heterocycles. The minimum atomic E-state index is -0.269. The van der Waals surface area contributed by atoms with E-state index in [-0.39, 0.29) is 11.9 Å². The van der Waals surface area contributed by atoms with Gasteiger partial charge in [0.15, 0.2) is 0 Å². The minimum Gasteiger partial charge on any atom is -0.459 e. The Bertz CT molecular complexity index is 721. The van der Waals surface area contributed by atoms with Gasteiger partial charge in [-0.1, -0.05) is 11.6 Å². The van der Waals surface area contributed by atoms with Gasteiger partial charge in [0.2, 0.25) is 0 Å². The number of fused-ring (bicyclic) bond motifs is 1. The molecule has 0 amide bonds. The molecule has 0 aliphatic heterocycles. The highest BCUT2D eigenvalue weighted by molar-refractivity contribution is 7.10. The summed E-state index contributed by atoms with van der Waals surface area (Å²) in [5, 5.41) is 6.57. The van der Waals surface area contributed by atoms with E-state index in [2.05, 4.69) is 5.32 Å². The van der Waals surface area contributed by atoms with Crippen molar-refractivity contribution in [2.75, 3.05) is 7.05 Å². The molecule has 2 nitrogen and oxygen atoms in total. The van der Waals surface area contributed by atoms with Crippen molar-refractivity contribution < 1.29 is 8.81 Å². The first kappa shape index (κ1) is 12.7. The van der Waals surface area contributed by atoms with Crippen LogP contribution in [0.5, 0.6) is 0 Å². The fourth-order valence-electron chi connectivity index (χ4n) is 2.09. The highest BCUT2D eigenvalue weighted by atomic mass is 35.5. The summed E-state index contributed by atoms with van der Waals surface area (Å²) >= 11 is 7.72. The zero-order chi connectivity index (χ0) is 13.4. The summed E-state index contributed by atoms with van der Waals surface area (Å²) in [6.07, 6.45) is 0. The molecule has 2 heterocycles. The zero-order valence-electron chi connectivity index (χ0n) is 10.1. The van der Waals surface area contributed by atoms with E-state index in [9.17, 15) is 4.39 Å². The normalized spacial score (nSPS) is 13.0. The maximum atomic E-state index is 13.2. The topological polar surface area (TPSA) is 25.2 Å². The summed E-state index contributed by atoms with van der Waals surface area (Å²) < 4.78 is 19.0. The van der Waals surface area contributed by atoms with Crippen LogP contribution >= 0.6 is 22.9 Å². The van der Waals surface area contributed by atoms with E-state index < -0.39 is 0 Å². The zero-order valence-corrected chi connectivity index (χ0v) is 11.7. The predicted molar refractivity (Wildman–Crippen MR) is 76.4 cm³/mol. The van der Waals surface area contributed by atoms with Crippen LogP contribution in [0.4, 0.5) is 4.39 Å². The predicted octanol–water partition coefficient (Wildman–Crippen LogP) is 4.60. The van der Waals surface area contributed by atoms with Crippen LogP contribution < -0.4 is 5.32 Å². The number of halogens is 2. The van der Waals surface area contributed by atoms with Crippen molar-refractivity contribution in [3.63, 3.8) is 0 Å². The second kappa shape index (κ2) is 4.96. The number of nitrogens with one attached hydrogen (secondary N) is 1. The Hall–Kier alpha value is -1.36. The van der Waals surface area contributed by atoms with E-state index in [0.717, 1.165) is 16.0 Å². The fraction of sp³-hybridized carbons (Fsp3) is 0.143. The first-order chi connectivity index (χ1) is 9.19. The molecule has 1 N–H and O–H groups in total. The van der Waals surface area contributed by atoms with Crippen LogP contribution in [0.25, 0.3) is 11.0 Å². The summed E-state index contributed by atoms with van der Waals surface area (Å²) in [7, 11) is 1.84. The molecule has 3 aromatic rings. The Kier molecular flexibility index (Phi) is 3.31. The number of furan rings is 1. The van der Waals surface area contributed by atoms with Gasteiger partial charge < -0.3 is 9.73 Å². The molecular formula is C14H11ClFNOS. The second-order valence-corrected chi connectivity index (χ2v) is 5.54. The molecule has 0 bridgehead atoms. The average Bonchev–Trinajstić information content (AvgIpc) is 2.97. The van der Waals surface area contributed by atoms with Gasteiger partial charge in [-0.05, 0) is 42.8 Å². The van der Waals surface area contributed by atoms with Crippen LogP contribution in [0.1, 0.15) is 16.7 Å². The Morgan fingerprint density at radius 1 is 1.32 bits per heavy atom. The van der Waals surface area contributed by atoms with Gasteiger partial charge in [0.05, 0.1) is 5.02 Å². The van der Waals surface area contributed by atoms with Crippen LogP contribution in [0.15, 0.2) is 40.1 Å². The second-order valence-electron chi connectivity index (χ2n) is 4.19. The van der Waals surface area contributed by atoms with E-state index in [1.807, 2.05) is 24.6 Å². The molecule has 3 rings (SSSR count). The van der Waals surface area contributed by atoms with E-state index in [4.69, 9.17) is 16.0 Å². The number of hydrogen-bond donors (Lipinski definition) is 1. The molecule has 5 heteroatoms. The molecule has 1 atom stereocenters. The van der Waals surface area contributed by atoms with Gasteiger partial charge in [-0.25, -0.2) is 4.39 Å². The summed E-state index contributed by atoms with van der Waals surface area (Å²) in [6.45, 7) is 0. The lowest BCUT2D eigenvalue weighted by Crippen LogP contribution is -2.15. The molecule has 0 fully saturated rings. The molecule has 0 aliphatic rings. The SMILES string of the molecule is CNC(c1cc2cc(F)ccc2o1)c1sccc1Cl. The third-order valence-electron chi connectivity index (χ3n) is 2.98. The van der Waals surface area contributed by atoms with Gasteiger partial charge >= 0.3 is 0 Å². The van der Waals surface area contributed by atoms with Gasteiger partial charge in [0, 0.05) is 10.3 Å². The summed E-state index contributed by atoms with van der Waals surface area (Å²) in [5.41, 5.74) is 0.671. The summed E-state index contributed by atoms with van der Waals surface area (Å²) in [4.78, 5) is 0.990. The lowest BCUT2D eigenvalue weighted by atomic mass is 10.1. The smallest absolute Gasteiger partial charge is 0.134 e. The Morgan fingerprint density at radius 3 is 2.84 bits per heavy atom. The lowest BCUT2D eigenvalue weighted by molar-refractivity contribution is 0.495. The number of benzene rings is 1. The van der Waals surface area contributed by atoms with E-state index in [1.54, 1.807) is 17.4 Å². The van der Waals surface area contributed by atoms with Gasteiger partial charge in [0.25, 0.3) is 0 Å². The minimum absolute atomic E-state index is 0.122. The summed E-state index contributed by atoms with van der Waals surface area (Å²) in [5.74, 6) is 0.461. The molecule has 0 spiro atoms. The van der Waals surface area contributed by atoms with Crippen LogP contribution in [0.3, 0.4) is 0 Å². The number of thiophene rings is 1. The highest BCUT2D eigenvalue weighted by Gasteiger charge is 2.20. The van der Waals surface area contributed by atoms with Gasteiger partial charge in [0.1, 0.15) is 23.2 Å². The third-order valence-corrected chi connectivity index (χ3v) is 4.40.